The number of aliphatic carboxylic acids is 1. The van der Waals surface area contributed by atoms with Gasteiger partial charge in [0, 0.05) is 32.4 Å². The highest BCUT2D eigenvalue weighted by atomic mass is 16.5. The molecule has 1 atom stereocenters. The van der Waals surface area contributed by atoms with Gasteiger partial charge >= 0.3 is 5.97 Å². The number of piperidine rings is 1. The van der Waals surface area contributed by atoms with Gasteiger partial charge in [0.15, 0.2) is 6.04 Å². The van der Waals surface area contributed by atoms with E-state index in [1.807, 2.05) is 30.3 Å². The van der Waals surface area contributed by atoms with Crippen molar-refractivity contribution in [2.75, 3.05) is 26.2 Å². The van der Waals surface area contributed by atoms with E-state index in [2.05, 4.69) is 11.8 Å². The van der Waals surface area contributed by atoms with Crippen molar-refractivity contribution in [3.8, 4) is 0 Å². The maximum atomic E-state index is 13.0. The van der Waals surface area contributed by atoms with Crippen LogP contribution in [0, 0.1) is 0 Å². The van der Waals surface area contributed by atoms with Crippen LogP contribution in [0.15, 0.2) is 30.3 Å². The van der Waals surface area contributed by atoms with Crippen LogP contribution in [-0.2, 0) is 20.7 Å². The normalized spacial score (nSPS) is 22.7. The number of carbonyl (C=O) groups is 2. The molecule has 0 bridgehead atoms. The number of amides is 1. The number of benzene rings is 1. The molecule has 1 spiro atoms. The Balaban J connectivity index is 1.71. The van der Waals surface area contributed by atoms with E-state index in [-0.39, 0.29) is 12.5 Å². The van der Waals surface area contributed by atoms with Crippen molar-refractivity contribution in [2.45, 2.75) is 50.8 Å². The lowest BCUT2D eigenvalue weighted by Crippen LogP contribution is -2.58. The first kappa shape index (κ1) is 18.9. The summed E-state index contributed by atoms with van der Waals surface area (Å²) in [6.45, 7) is 4.93. The molecule has 0 aromatic heterocycles. The van der Waals surface area contributed by atoms with Crippen LogP contribution in [0.4, 0.5) is 0 Å². The summed E-state index contributed by atoms with van der Waals surface area (Å²) in [4.78, 5) is 28.6. The standard InChI is InChI=1S/C20H28N2O4/c1-2-12-21-13-10-20(11-14-21)22(17(15-26-20)19(24)25)18(23)9-8-16-6-4-3-5-7-16/h3-7,17H,2,8-15H2,1H3,(H,24,25)/t17-/m1/s1. The van der Waals surface area contributed by atoms with E-state index < -0.39 is 17.7 Å². The lowest BCUT2D eigenvalue weighted by Gasteiger charge is -2.44. The number of carboxylic acid groups (broad SMARTS) is 1. The van der Waals surface area contributed by atoms with Gasteiger partial charge in [0.05, 0.1) is 6.61 Å². The molecule has 3 rings (SSSR count). The zero-order chi connectivity index (χ0) is 18.6. The molecule has 1 amide bonds. The molecule has 0 saturated carbocycles. The number of nitrogens with zero attached hydrogens (tertiary/aromatic N) is 2. The van der Waals surface area contributed by atoms with Crippen LogP contribution in [0.25, 0.3) is 0 Å². The van der Waals surface area contributed by atoms with Crippen molar-refractivity contribution >= 4 is 11.9 Å². The summed E-state index contributed by atoms with van der Waals surface area (Å²) >= 11 is 0. The number of ether oxygens (including phenoxy) is 1. The maximum absolute atomic E-state index is 13.0. The van der Waals surface area contributed by atoms with E-state index in [0.717, 1.165) is 31.6 Å². The average Bonchev–Trinajstić information content (AvgIpc) is 3.02. The molecule has 142 valence electrons. The molecule has 1 aromatic rings. The predicted octanol–water partition coefficient (Wildman–Crippen LogP) is 2.13. The number of aryl methyl sites for hydroxylation is 1. The summed E-state index contributed by atoms with van der Waals surface area (Å²) in [6.07, 6.45) is 3.35. The van der Waals surface area contributed by atoms with E-state index in [9.17, 15) is 14.7 Å². The van der Waals surface area contributed by atoms with E-state index in [0.29, 0.717) is 25.7 Å². The largest absolute Gasteiger partial charge is 0.480 e. The third kappa shape index (κ3) is 3.91. The Morgan fingerprint density at radius 1 is 1.23 bits per heavy atom. The van der Waals surface area contributed by atoms with Gasteiger partial charge in [0.2, 0.25) is 5.91 Å². The highest BCUT2D eigenvalue weighted by Gasteiger charge is 2.53. The smallest absolute Gasteiger partial charge is 0.328 e. The van der Waals surface area contributed by atoms with Crippen molar-refractivity contribution in [2.24, 2.45) is 0 Å². The van der Waals surface area contributed by atoms with Gasteiger partial charge in [-0.3, -0.25) is 9.69 Å². The molecule has 2 aliphatic rings. The quantitative estimate of drug-likeness (QED) is 0.842. The molecule has 1 N–H and O–H groups in total. The van der Waals surface area contributed by atoms with E-state index in [4.69, 9.17) is 4.74 Å². The number of hydrogen-bond donors (Lipinski definition) is 1. The molecule has 0 radical (unpaired) electrons. The Hall–Kier alpha value is -1.92. The van der Waals surface area contributed by atoms with Gasteiger partial charge in [-0.25, -0.2) is 4.79 Å². The molecule has 0 aliphatic carbocycles. The molecular formula is C20H28N2O4. The lowest BCUT2D eigenvalue weighted by atomic mass is 9.96. The second-order valence-corrected chi connectivity index (χ2v) is 7.20. The third-order valence-electron chi connectivity index (χ3n) is 5.46. The highest BCUT2D eigenvalue weighted by Crippen LogP contribution is 2.38. The fraction of sp³-hybridized carbons (Fsp3) is 0.600. The monoisotopic (exact) mass is 360 g/mol. The van der Waals surface area contributed by atoms with Gasteiger partial charge in [0.25, 0.3) is 0 Å². The fourth-order valence-electron chi connectivity index (χ4n) is 4.09. The van der Waals surface area contributed by atoms with Crippen LogP contribution >= 0.6 is 0 Å². The van der Waals surface area contributed by atoms with Crippen LogP contribution in [0.5, 0.6) is 0 Å². The number of hydrogen-bond acceptors (Lipinski definition) is 4. The molecule has 6 nitrogen and oxygen atoms in total. The van der Waals surface area contributed by atoms with Crippen LogP contribution in [0.1, 0.15) is 38.2 Å². The van der Waals surface area contributed by atoms with Crippen molar-refractivity contribution in [1.29, 1.82) is 0 Å². The van der Waals surface area contributed by atoms with E-state index >= 15 is 0 Å². The summed E-state index contributed by atoms with van der Waals surface area (Å²) < 4.78 is 5.97. The molecule has 1 aromatic carbocycles. The summed E-state index contributed by atoms with van der Waals surface area (Å²) in [6, 6.07) is 8.94. The topological polar surface area (TPSA) is 70.1 Å². The average molecular weight is 360 g/mol. The SMILES string of the molecule is CCCN1CCC2(CC1)OC[C@H](C(=O)O)N2C(=O)CCc1ccccc1. The first-order valence-electron chi connectivity index (χ1n) is 9.51. The number of carbonyl (C=O) groups excluding carboxylic acids is 1. The summed E-state index contributed by atoms with van der Waals surface area (Å²) in [5.41, 5.74) is 0.334. The van der Waals surface area contributed by atoms with Crippen molar-refractivity contribution in [3.05, 3.63) is 35.9 Å². The molecule has 2 fully saturated rings. The Kier molecular flexibility index (Phi) is 5.94. The molecule has 6 heteroatoms. The predicted molar refractivity (Wildman–Crippen MR) is 97.7 cm³/mol. The molecular weight excluding hydrogens is 332 g/mol. The third-order valence-corrected chi connectivity index (χ3v) is 5.46. The summed E-state index contributed by atoms with van der Waals surface area (Å²) in [5, 5.41) is 9.58. The Morgan fingerprint density at radius 2 is 1.92 bits per heavy atom. The maximum Gasteiger partial charge on any atom is 0.328 e. The van der Waals surface area contributed by atoms with E-state index in [1.54, 1.807) is 4.90 Å². The van der Waals surface area contributed by atoms with Gasteiger partial charge in [-0.05, 0) is 24.9 Å². The molecule has 2 heterocycles. The second kappa shape index (κ2) is 8.18. The summed E-state index contributed by atoms with van der Waals surface area (Å²) in [5.74, 6) is -1.10. The van der Waals surface area contributed by atoms with Crippen molar-refractivity contribution < 1.29 is 19.4 Å². The Bertz CT molecular complexity index is 626. The highest BCUT2D eigenvalue weighted by molar-refractivity contribution is 5.85. The van der Waals surface area contributed by atoms with Gasteiger partial charge in [0.1, 0.15) is 5.72 Å². The molecule has 2 aliphatic heterocycles. The van der Waals surface area contributed by atoms with Crippen molar-refractivity contribution in [1.82, 2.24) is 9.80 Å². The molecule has 2 saturated heterocycles. The lowest BCUT2D eigenvalue weighted by molar-refractivity contribution is -0.166. The van der Waals surface area contributed by atoms with E-state index in [1.165, 1.54) is 0 Å². The van der Waals surface area contributed by atoms with Crippen LogP contribution in [0.3, 0.4) is 0 Å². The van der Waals surface area contributed by atoms with Gasteiger partial charge in [-0.2, -0.15) is 0 Å². The summed E-state index contributed by atoms with van der Waals surface area (Å²) in [7, 11) is 0. The second-order valence-electron chi connectivity index (χ2n) is 7.20. The van der Waals surface area contributed by atoms with Gasteiger partial charge in [-0.15, -0.1) is 0 Å². The minimum absolute atomic E-state index is 0.0835. The minimum atomic E-state index is -0.981. The van der Waals surface area contributed by atoms with Gasteiger partial charge in [-0.1, -0.05) is 37.3 Å². The first-order valence-corrected chi connectivity index (χ1v) is 9.51. The van der Waals surface area contributed by atoms with Crippen LogP contribution < -0.4 is 0 Å². The zero-order valence-electron chi connectivity index (χ0n) is 15.4. The first-order chi connectivity index (χ1) is 12.6. The van der Waals surface area contributed by atoms with Crippen LogP contribution in [-0.4, -0.2) is 64.8 Å². The minimum Gasteiger partial charge on any atom is -0.480 e. The number of rotatable bonds is 6. The van der Waals surface area contributed by atoms with Gasteiger partial charge < -0.3 is 14.7 Å². The Labute approximate surface area is 154 Å². The van der Waals surface area contributed by atoms with Crippen molar-refractivity contribution in [3.63, 3.8) is 0 Å². The zero-order valence-corrected chi connectivity index (χ0v) is 15.4. The van der Waals surface area contributed by atoms with Crippen LogP contribution in [0.2, 0.25) is 0 Å². The Morgan fingerprint density at radius 3 is 2.54 bits per heavy atom. The number of carboxylic acids is 1. The fourth-order valence-corrected chi connectivity index (χ4v) is 4.09. The molecule has 26 heavy (non-hydrogen) atoms. The number of likely N-dealkylation sites (tertiary alicyclic amines) is 1. The molecule has 0 unspecified atom stereocenters.